The quantitative estimate of drug-likeness (QED) is 0.901. The molecule has 0 aliphatic carbocycles. The average Bonchev–Trinajstić information content (AvgIpc) is 2.76. The lowest BCUT2D eigenvalue weighted by Gasteiger charge is -2.29. The lowest BCUT2D eigenvalue weighted by atomic mass is 10.2. The maximum Gasteiger partial charge on any atom is 0.0534 e. The Labute approximate surface area is 104 Å². The summed E-state index contributed by atoms with van der Waals surface area (Å²) in [5.74, 6) is 1.60. The first-order valence-electron chi connectivity index (χ1n) is 5.92. The molecule has 2 rings (SSSR count). The van der Waals surface area contributed by atoms with E-state index in [1.165, 1.54) is 9.75 Å². The fourth-order valence-electron chi connectivity index (χ4n) is 2.03. The van der Waals surface area contributed by atoms with Crippen LogP contribution < -0.4 is 5.32 Å². The summed E-state index contributed by atoms with van der Waals surface area (Å²) in [6.45, 7) is 4.33. The van der Waals surface area contributed by atoms with Crippen LogP contribution in [0.4, 0.5) is 0 Å². The predicted molar refractivity (Wildman–Crippen MR) is 71.5 cm³/mol. The number of hydrogen-bond acceptors (Lipinski definition) is 3. The first-order valence-corrected chi connectivity index (χ1v) is 8.23. The van der Waals surface area contributed by atoms with Gasteiger partial charge in [-0.1, -0.05) is 13.8 Å². The summed E-state index contributed by atoms with van der Waals surface area (Å²) in [5, 5.41) is 3.60. The van der Waals surface area contributed by atoms with Crippen molar-refractivity contribution in [3.63, 3.8) is 0 Å². The second-order valence-electron chi connectivity index (χ2n) is 4.26. The van der Waals surface area contributed by atoms with Crippen LogP contribution >= 0.6 is 11.3 Å². The molecule has 2 nitrogen and oxygen atoms in total. The highest BCUT2D eigenvalue weighted by molar-refractivity contribution is 7.85. The van der Waals surface area contributed by atoms with Crippen molar-refractivity contribution in [3.05, 3.63) is 21.9 Å². The molecule has 1 N–H and O–H groups in total. The summed E-state index contributed by atoms with van der Waals surface area (Å²) in [6.07, 6.45) is 2.16. The molecule has 2 heterocycles. The standard InChI is InChI=1S/C12H19NOS2/c1-3-9-7-16(14)8-11(13-9)12-6-5-10(4-2)15-12/h5-6,9,11,13H,3-4,7-8H2,1-2H3. The Morgan fingerprint density at radius 3 is 2.88 bits per heavy atom. The number of aryl methyl sites for hydroxylation is 1. The van der Waals surface area contributed by atoms with Crippen molar-refractivity contribution in [2.45, 2.75) is 38.8 Å². The maximum absolute atomic E-state index is 11.8. The summed E-state index contributed by atoms with van der Waals surface area (Å²) >= 11 is 1.86. The minimum Gasteiger partial charge on any atom is -0.305 e. The average molecular weight is 257 g/mol. The van der Waals surface area contributed by atoms with Gasteiger partial charge in [-0.15, -0.1) is 11.3 Å². The largest absolute Gasteiger partial charge is 0.305 e. The van der Waals surface area contributed by atoms with E-state index in [1.807, 2.05) is 11.3 Å². The van der Waals surface area contributed by atoms with E-state index >= 15 is 0 Å². The predicted octanol–water partition coefficient (Wildman–Crippen LogP) is 2.48. The molecule has 1 aliphatic rings. The third kappa shape index (κ3) is 2.73. The van der Waals surface area contributed by atoms with Crippen LogP contribution in [-0.4, -0.2) is 21.8 Å². The monoisotopic (exact) mass is 257 g/mol. The van der Waals surface area contributed by atoms with Crippen molar-refractivity contribution in [1.29, 1.82) is 0 Å². The van der Waals surface area contributed by atoms with Crippen LogP contribution in [0.3, 0.4) is 0 Å². The highest BCUT2D eigenvalue weighted by Gasteiger charge is 2.26. The SMILES string of the molecule is CCc1ccc(C2CS(=O)CC(CC)N2)s1. The minimum atomic E-state index is -0.649. The summed E-state index contributed by atoms with van der Waals surface area (Å²) in [4.78, 5) is 2.77. The molecular weight excluding hydrogens is 238 g/mol. The summed E-state index contributed by atoms with van der Waals surface area (Å²) < 4.78 is 11.8. The van der Waals surface area contributed by atoms with Gasteiger partial charge in [0, 0.05) is 38.1 Å². The van der Waals surface area contributed by atoms with Gasteiger partial charge in [0.15, 0.2) is 0 Å². The molecule has 1 aromatic heterocycles. The number of hydrogen-bond donors (Lipinski definition) is 1. The summed E-state index contributed by atoms with van der Waals surface area (Å²) in [7, 11) is -0.649. The van der Waals surface area contributed by atoms with Gasteiger partial charge >= 0.3 is 0 Å². The van der Waals surface area contributed by atoms with E-state index in [-0.39, 0.29) is 0 Å². The fraction of sp³-hybridized carbons (Fsp3) is 0.667. The van der Waals surface area contributed by atoms with Gasteiger partial charge in [-0.05, 0) is 25.0 Å². The molecule has 0 spiro atoms. The van der Waals surface area contributed by atoms with Gasteiger partial charge in [0.1, 0.15) is 0 Å². The van der Waals surface area contributed by atoms with Crippen molar-refractivity contribution in [3.8, 4) is 0 Å². The van der Waals surface area contributed by atoms with Gasteiger partial charge in [0.05, 0.1) is 6.04 Å². The Morgan fingerprint density at radius 1 is 1.44 bits per heavy atom. The van der Waals surface area contributed by atoms with Crippen LogP contribution in [-0.2, 0) is 17.2 Å². The topological polar surface area (TPSA) is 29.1 Å². The Kier molecular flexibility index (Phi) is 4.16. The Morgan fingerprint density at radius 2 is 2.25 bits per heavy atom. The second-order valence-corrected chi connectivity index (χ2v) is 7.00. The normalized spacial score (nSPS) is 30.5. The zero-order chi connectivity index (χ0) is 11.5. The van der Waals surface area contributed by atoms with Crippen LogP contribution in [0, 0.1) is 0 Å². The Balaban J connectivity index is 2.10. The fourth-order valence-corrected chi connectivity index (χ4v) is 4.71. The third-order valence-corrected chi connectivity index (χ3v) is 5.87. The van der Waals surface area contributed by atoms with E-state index < -0.39 is 10.8 Å². The van der Waals surface area contributed by atoms with Crippen LogP contribution in [0.2, 0.25) is 0 Å². The van der Waals surface area contributed by atoms with Gasteiger partial charge in [0.2, 0.25) is 0 Å². The van der Waals surface area contributed by atoms with Crippen molar-refractivity contribution < 1.29 is 4.21 Å². The van der Waals surface area contributed by atoms with Crippen molar-refractivity contribution in [1.82, 2.24) is 5.32 Å². The first kappa shape index (κ1) is 12.3. The lowest BCUT2D eigenvalue weighted by Crippen LogP contribution is -2.44. The first-order chi connectivity index (χ1) is 7.72. The molecule has 1 saturated heterocycles. The molecule has 90 valence electrons. The molecular formula is C12H19NOS2. The van der Waals surface area contributed by atoms with Crippen molar-refractivity contribution >= 4 is 22.1 Å². The summed E-state index contributed by atoms with van der Waals surface area (Å²) in [5.41, 5.74) is 0. The van der Waals surface area contributed by atoms with E-state index in [2.05, 4.69) is 31.3 Å². The van der Waals surface area contributed by atoms with E-state index in [0.717, 1.165) is 24.3 Å². The highest BCUT2D eigenvalue weighted by Crippen LogP contribution is 2.27. The van der Waals surface area contributed by atoms with Gasteiger partial charge in [-0.25, -0.2) is 0 Å². The second kappa shape index (κ2) is 5.43. The number of rotatable bonds is 3. The molecule has 0 aromatic carbocycles. The number of nitrogens with one attached hydrogen (secondary N) is 1. The zero-order valence-electron chi connectivity index (χ0n) is 9.86. The molecule has 0 saturated carbocycles. The molecule has 0 radical (unpaired) electrons. The molecule has 0 bridgehead atoms. The zero-order valence-corrected chi connectivity index (χ0v) is 11.5. The summed E-state index contributed by atoms with van der Waals surface area (Å²) in [6, 6.07) is 5.12. The van der Waals surface area contributed by atoms with Crippen molar-refractivity contribution in [2.75, 3.05) is 11.5 Å². The van der Waals surface area contributed by atoms with E-state index in [4.69, 9.17) is 0 Å². The van der Waals surface area contributed by atoms with Gasteiger partial charge in [-0.3, -0.25) is 4.21 Å². The van der Waals surface area contributed by atoms with Crippen LogP contribution in [0.15, 0.2) is 12.1 Å². The molecule has 0 amide bonds. The third-order valence-electron chi connectivity index (χ3n) is 3.04. The molecule has 1 aromatic rings. The lowest BCUT2D eigenvalue weighted by molar-refractivity contribution is 0.460. The van der Waals surface area contributed by atoms with Crippen LogP contribution in [0.25, 0.3) is 0 Å². The Hall–Kier alpha value is -0.190. The van der Waals surface area contributed by atoms with Gasteiger partial charge in [0.25, 0.3) is 0 Å². The molecule has 4 heteroatoms. The van der Waals surface area contributed by atoms with Gasteiger partial charge < -0.3 is 5.32 Å². The van der Waals surface area contributed by atoms with E-state index in [1.54, 1.807) is 0 Å². The number of thiophene rings is 1. The maximum atomic E-state index is 11.8. The van der Waals surface area contributed by atoms with E-state index in [9.17, 15) is 4.21 Å². The smallest absolute Gasteiger partial charge is 0.0534 e. The minimum absolute atomic E-state index is 0.310. The molecule has 3 atom stereocenters. The Bertz CT molecular complexity index is 375. The van der Waals surface area contributed by atoms with E-state index in [0.29, 0.717) is 12.1 Å². The molecule has 3 unspecified atom stereocenters. The van der Waals surface area contributed by atoms with Crippen LogP contribution in [0.1, 0.15) is 36.1 Å². The molecule has 1 fully saturated rings. The molecule has 1 aliphatic heterocycles. The molecule has 16 heavy (non-hydrogen) atoms. The highest BCUT2D eigenvalue weighted by atomic mass is 32.2. The van der Waals surface area contributed by atoms with Crippen LogP contribution in [0.5, 0.6) is 0 Å². The van der Waals surface area contributed by atoms with Gasteiger partial charge in [-0.2, -0.15) is 0 Å². The van der Waals surface area contributed by atoms with Crippen molar-refractivity contribution in [2.24, 2.45) is 0 Å².